The van der Waals surface area contributed by atoms with Crippen LogP contribution in [0.2, 0.25) is 5.02 Å². The highest BCUT2D eigenvalue weighted by molar-refractivity contribution is 6.33. The summed E-state index contributed by atoms with van der Waals surface area (Å²) in [5.74, 6) is 1.48. The zero-order valence-corrected chi connectivity index (χ0v) is 18.0. The fraction of sp³-hybridized carbons (Fsp3) is 0.450. The van der Waals surface area contributed by atoms with Crippen LogP contribution in [0.4, 0.5) is 11.8 Å². The SMILES string of the molecule is Cc1cnc(N[C@H]2CC[C@@H](NC(=O)c3ccccc3Cl)CC2)nc1N(C)C.Cl. The van der Waals surface area contributed by atoms with Crippen molar-refractivity contribution < 1.29 is 4.79 Å². The van der Waals surface area contributed by atoms with Crippen LogP contribution in [-0.2, 0) is 0 Å². The Morgan fingerprint density at radius 3 is 2.43 bits per heavy atom. The van der Waals surface area contributed by atoms with E-state index in [0.29, 0.717) is 22.6 Å². The van der Waals surface area contributed by atoms with E-state index in [-0.39, 0.29) is 24.4 Å². The molecule has 1 aliphatic rings. The number of nitrogens with one attached hydrogen (secondary N) is 2. The van der Waals surface area contributed by atoms with Crippen LogP contribution in [0.1, 0.15) is 41.6 Å². The van der Waals surface area contributed by atoms with Crippen molar-refractivity contribution in [2.45, 2.75) is 44.7 Å². The second-order valence-corrected chi connectivity index (χ2v) is 7.65. The second-order valence-electron chi connectivity index (χ2n) is 7.24. The van der Waals surface area contributed by atoms with Crippen LogP contribution in [0.25, 0.3) is 0 Å². The number of carbonyl (C=O) groups is 1. The second kappa shape index (κ2) is 9.94. The molecule has 0 radical (unpaired) electrons. The number of aromatic nitrogens is 2. The Morgan fingerprint density at radius 1 is 1.14 bits per heavy atom. The molecule has 0 saturated heterocycles. The van der Waals surface area contributed by atoms with Gasteiger partial charge in [0, 0.05) is 37.9 Å². The third-order valence-corrected chi connectivity index (χ3v) is 5.21. The quantitative estimate of drug-likeness (QED) is 0.757. The van der Waals surface area contributed by atoms with Crippen LogP contribution in [0.3, 0.4) is 0 Å². The molecule has 1 aromatic heterocycles. The van der Waals surface area contributed by atoms with Gasteiger partial charge in [-0.2, -0.15) is 4.98 Å². The molecule has 1 fully saturated rings. The first-order valence-electron chi connectivity index (χ1n) is 9.27. The largest absolute Gasteiger partial charge is 0.362 e. The van der Waals surface area contributed by atoms with Crippen LogP contribution in [0.5, 0.6) is 0 Å². The molecule has 0 aliphatic heterocycles. The average molecular weight is 424 g/mol. The van der Waals surface area contributed by atoms with Gasteiger partial charge in [-0.25, -0.2) is 4.98 Å². The van der Waals surface area contributed by atoms with Gasteiger partial charge in [0.15, 0.2) is 0 Å². The van der Waals surface area contributed by atoms with E-state index >= 15 is 0 Å². The number of rotatable bonds is 5. The van der Waals surface area contributed by atoms with Crippen molar-refractivity contribution in [2.75, 3.05) is 24.3 Å². The maximum Gasteiger partial charge on any atom is 0.253 e. The Morgan fingerprint density at radius 2 is 1.79 bits per heavy atom. The summed E-state index contributed by atoms with van der Waals surface area (Å²) >= 11 is 6.11. The number of hydrogen-bond donors (Lipinski definition) is 2. The van der Waals surface area contributed by atoms with E-state index in [4.69, 9.17) is 11.6 Å². The van der Waals surface area contributed by atoms with Gasteiger partial charge in [0.05, 0.1) is 10.6 Å². The molecule has 6 nitrogen and oxygen atoms in total. The third kappa shape index (κ3) is 5.49. The van der Waals surface area contributed by atoms with Crippen LogP contribution >= 0.6 is 24.0 Å². The fourth-order valence-corrected chi connectivity index (χ4v) is 3.65. The maximum atomic E-state index is 12.4. The molecule has 2 N–H and O–H groups in total. The van der Waals surface area contributed by atoms with Gasteiger partial charge in [-0.05, 0) is 44.7 Å². The number of nitrogens with zero attached hydrogens (tertiary/aromatic N) is 3. The summed E-state index contributed by atoms with van der Waals surface area (Å²) in [7, 11) is 3.96. The van der Waals surface area contributed by atoms with E-state index in [0.717, 1.165) is 37.1 Å². The van der Waals surface area contributed by atoms with E-state index in [2.05, 4.69) is 20.6 Å². The van der Waals surface area contributed by atoms with Gasteiger partial charge in [0.25, 0.3) is 5.91 Å². The minimum atomic E-state index is -0.102. The van der Waals surface area contributed by atoms with Gasteiger partial charge in [-0.3, -0.25) is 4.79 Å². The molecule has 1 heterocycles. The molecule has 0 atom stereocenters. The molecule has 3 rings (SSSR count). The number of aryl methyl sites for hydroxylation is 1. The Hall–Kier alpha value is -2.05. The Kier molecular flexibility index (Phi) is 7.89. The number of carbonyl (C=O) groups excluding carboxylic acids is 1. The van der Waals surface area contributed by atoms with Crippen molar-refractivity contribution >= 4 is 41.7 Å². The summed E-state index contributed by atoms with van der Waals surface area (Å²) in [5, 5.41) is 7.02. The van der Waals surface area contributed by atoms with Gasteiger partial charge < -0.3 is 15.5 Å². The molecule has 1 aromatic carbocycles. The van der Waals surface area contributed by atoms with Crippen molar-refractivity contribution in [3.8, 4) is 0 Å². The number of amides is 1. The van der Waals surface area contributed by atoms with Crippen molar-refractivity contribution in [1.29, 1.82) is 0 Å². The Balaban J connectivity index is 0.00000280. The van der Waals surface area contributed by atoms with Crippen LogP contribution < -0.4 is 15.5 Å². The number of halogens is 2. The van der Waals surface area contributed by atoms with Gasteiger partial charge in [-0.1, -0.05) is 23.7 Å². The lowest BCUT2D eigenvalue weighted by molar-refractivity contribution is 0.0926. The van der Waals surface area contributed by atoms with Crippen LogP contribution in [0, 0.1) is 6.92 Å². The molecule has 0 bridgehead atoms. The summed E-state index contributed by atoms with van der Waals surface area (Å²) in [4.78, 5) is 23.4. The molecule has 1 amide bonds. The minimum Gasteiger partial charge on any atom is -0.362 e. The molecule has 1 aliphatic carbocycles. The fourth-order valence-electron chi connectivity index (χ4n) is 3.43. The molecule has 0 spiro atoms. The molecule has 28 heavy (non-hydrogen) atoms. The van der Waals surface area contributed by atoms with Crippen LogP contribution in [-0.4, -0.2) is 42.1 Å². The third-order valence-electron chi connectivity index (χ3n) is 4.88. The van der Waals surface area contributed by atoms with Gasteiger partial charge in [-0.15, -0.1) is 12.4 Å². The molecular formula is C20H27Cl2N5O. The summed E-state index contributed by atoms with van der Waals surface area (Å²) in [6.45, 7) is 2.01. The first kappa shape index (κ1) is 22.2. The van der Waals surface area contributed by atoms with E-state index in [9.17, 15) is 4.79 Å². The first-order valence-corrected chi connectivity index (χ1v) is 9.64. The van der Waals surface area contributed by atoms with Crippen molar-refractivity contribution in [3.63, 3.8) is 0 Å². The molecule has 152 valence electrons. The Bertz CT molecular complexity index is 807. The van der Waals surface area contributed by atoms with Gasteiger partial charge in [0.2, 0.25) is 5.95 Å². The highest BCUT2D eigenvalue weighted by Crippen LogP contribution is 2.23. The lowest BCUT2D eigenvalue weighted by Crippen LogP contribution is -2.40. The van der Waals surface area contributed by atoms with E-state index in [1.807, 2.05) is 44.2 Å². The van der Waals surface area contributed by atoms with E-state index in [1.54, 1.807) is 12.1 Å². The van der Waals surface area contributed by atoms with E-state index < -0.39 is 0 Å². The number of hydrogen-bond acceptors (Lipinski definition) is 5. The molecule has 8 heteroatoms. The number of anilines is 2. The maximum absolute atomic E-state index is 12.4. The average Bonchev–Trinajstić information content (AvgIpc) is 2.65. The lowest BCUT2D eigenvalue weighted by atomic mass is 9.91. The molecule has 2 aromatic rings. The molecular weight excluding hydrogens is 397 g/mol. The topological polar surface area (TPSA) is 70.1 Å². The lowest BCUT2D eigenvalue weighted by Gasteiger charge is -2.30. The predicted molar refractivity (Wildman–Crippen MR) is 117 cm³/mol. The highest BCUT2D eigenvalue weighted by atomic mass is 35.5. The zero-order chi connectivity index (χ0) is 19.4. The summed E-state index contributed by atoms with van der Waals surface area (Å²) in [6.07, 6.45) is 5.60. The predicted octanol–water partition coefficient (Wildman–Crippen LogP) is 4.08. The number of benzene rings is 1. The minimum absolute atomic E-state index is 0. The van der Waals surface area contributed by atoms with Crippen molar-refractivity contribution in [2.24, 2.45) is 0 Å². The summed E-state index contributed by atoms with van der Waals surface area (Å²) < 4.78 is 0. The van der Waals surface area contributed by atoms with E-state index in [1.165, 1.54) is 0 Å². The van der Waals surface area contributed by atoms with Crippen molar-refractivity contribution in [1.82, 2.24) is 15.3 Å². The summed E-state index contributed by atoms with van der Waals surface area (Å²) in [5.41, 5.74) is 1.58. The van der Waals surface area contributed by atoms with Crippen LogP contribution in [0.15, 0.2) is 30.5 Å². The van der Waals surface area contributed by atoms with Crippen molar-refractivity contribution in [3.05, 3.63) is 46.6 Å². The van der Waals surface area contributed by atoms with Gasteiger partial charge >= 0.3 is 0 Å². The smallest absolute Gasteiger partial charge is 0.253 e. The zero-order valence-electron chi connectivity index (χ0n) is 16.4. The highest BCUT2D eigenvalue weighted by Gasteiger charge is 2.24. The standard InChI is InChI=1S/C20H26ClN5O.ClH/c1-13-12-22-20(25-18(13)26(2)3)24-15-10-8-14(9-11-15)23-19(27)16-6-4-5-7-17(16)21;/h4-7,12,14-15H,8-11H2,1-3H3,(H,23,27)(H,22,24,25);1H/t14-,15+;. The molecule has 0 unspecified atom stereocenters. The summed E-state index contributed by atoms with van der Waals surface area (Å²) in [6, 6.07) is 7.62. The van der Waals surface area contributed by atoms with Gasteiger partial charge in [0.1, 0.15) is 5.82 Å². The molecule has 1 saturated carbocycles. The monoisotopic (exact) mass is 423 g/mol. The normalized spacial score (nSPS) is 18.7. The first-order chi connectivity index (χ1) is 12.9. The Labute approximate surface area is 177 Å².